The lowest BCUT2D eigenvalue weighted by atomic mass is 10.0. The Morgan fingerprint density at radius 3 is 2.61 bits per heavy atom. The van der Waals surface area contributed by atoms with Crippen LogP contribution in [0.2, 0.25) is 0 Å². The summed E-state index contributed by atoms with van der Waals surface area (Å²) in [5.74, 6) is 0.943. The van der Waals surface area contributed by atoms with Crippen LogP contribution < -0.4 is 10.7 Å². The highest BCUT2D eigenvalue weighted by Gasteiger charge is 2.40. The van der Waals surface area contributed by atoms with Gasteiger partial charge >= 0.3 is 0 Å². The minimum atomic E-state index is -0.345. The van der Waals surface area contributed by atoms with Crippen LogP contribution >= 0.6 is 0 Å². The number of hydrogen-bond acceptors (Lipinski definition) is 4. The SMILES string of the molecule is C=C(O)C1CC1c1ccc(-c2cccc(-n3cc(C(=O)NCC4CC4)c(=O)c4cccnc43)c2)cc1. The second-order valence-electron chi connectivity index (χ2n) is 9.88. The minimum absolute atomic E-state index is 0.121. The Hall–Kier alpha value is -4.19. The normalized spacial score (nSPS) is 18.7. The van der Waals surface area contributed by atoms with Crippen molar-refractivity contribution in [2.75, 3.05) is 6.54 Å². The highest BCUT2D eigenvalue weighted by Crippen LogP contribution is 2.50. The molecule has 2 heterocycles. The molecule has 2 aliphatic rings. The molecule has 180 valence electrons. The fourth-order valence-corrected chi connectivity index (χ4v) is 4.86. The molecule has 0 saturated heterocycles. The van der Waals surface area contributed by atoms with Crippen molar-refractivity contribution in [2.24, 2.45) is 11.8 Å². The fourth-order valence-electron chi connectivity index (χ4n) is 4.86. The summed E-state index contributed by atoms with van der Waals surface area (Å²) in [6, 6.07) is 19.8. The van der Waals surface area contributed by atoms with Gasteiger partial charge in [0.2, 0.25) is 5.43 Å². The van der Waals surface area contributed by atoms with E-state index in [1.807, 2.05) is 28.8 Å². The van der Waals surface area contributed by atoms with Gasteiger partial charge in [0.25, 0.3) is 5.91 Å². The molecule has 1 amide bonds. The molecule has 2 unspecified atom stereocenters. The summed E-state index contributed by atoms with van der Waals surface area (Å²) in [7, 11) is 0. The second kappa shape index (κ2) is 8.79. The number of hydrogen-bond donors (Lipinski definition) is 2. The van der Waals surface area contributed by atoms with Crippen molar-refractivity contribution < 1.29 is 9.90 Å². The van der Waals surface area contributed by atoms with Crippen LogP contribution in [0.3, 0.4) is 0 Å². The molecule has 6 rings (SSSR count). The van der Waals surface area contributed by atoms with E-state index in [1.54, 1.807) is 24.5 Å². The molecule has 4 aromatic rings. The van der Waals surface area contributed by atoms with E-state index in [0.29, 0.717) is 29.4 Å². The van der Waals surface area contributed by atoms with Crippen LogP contribution in [0.1, 0.15) is 41.1 Å². The van der Waals surface area contributed by atoms with Gasteiger partial charge in [0.15, 0.2) is 0 Å². The Labute approximate surface area is 208 Å². The van der Waals surface area contributed by atoms with Crippen molar-refractivity contribution in [1.82, 2.24) is 14.9 Å². The molecule has 0 bridgehead atoms. The standard InChI is InChI=1S/C30H27N3O3/c1-18(34)25-15-26(25)21-11-9-20(10-12-21)22-4-2-5-23(14-22)33-17-27(30(36)32-16-19-7-8-19)28(35)24-6-3-13-31-29(24)33/h2-6,9-14,17,19,25-26,34H,1,7-8,15-16H2,(H,32,36). The number of aliphatic hydroxyl groups is 1. The number of carbonyl (C=O) groups excluding carboxylic acids is 1. The molecule has 2 saturated carbocycles. The first kappa shape index (κ1) is 22.3. The molecule has 2 aromatic heterocycles. The third-order valence-corrected chi connectivity index (χ3v) is 7.27. The van der Waals surface area contributed by atoms with E-state index >= 15 is 0 Å². The molecule has 2 N–H and O–H groups in total. The van der Waals surface area contributed by atoms with Crippen molar-refractivity contribution in [2.45, 2.75) is 25.2 Å². The topological polar surface area (TPSA) is 84.2 Å². The predicted octanol–water partition coefficient (Wildman–Crippen LogP) is 5.37. The van der Waals surface area contributed by atoms with Crippen LogP contribution in [-0.4, -0.2) is 27.1 Å². The quantitative estimate of drug-likeness (QED) is 0.351. The van der Waals surface area contributed by atoms with Crippen LogP contribution in [0.25, 0.3) is 27.8 Å². The van der Waals surface area contributed by atoms with Gasteiger partial charge in [0.05, 0.1) is 11.1 Å². The van der Waals surface area contributed by atoms with Crippen LogP contribution in [0.4, 0.5) is 0 Å². The van der Waals surface area contributed by atoms with E-state index in [1.165, 1.54) is 5.56 Å². The molecular formula is C30H27N3O3. The Morgan fingerprint density at radius 2 is 1.89 bits per heavy atom. The number of amides is 1. The Bertz CT molecular complexity index is 1550. The fraction of sp³-hybridized carbons (Fsp3) is 0.233. The number of aliphatic hydroxyl groups excluding tert-OH is 1. The summed E-state index contributed by atoms with van der Waals surface area (Å²) < 4.78 is 1.82. The summed E-state index contributed by atoms with van der Waals surface area (Å²) >= 11 is 0. The number of allylic oxidation sites excluding steroid dienone is 1. The van der Waals surface area contributed by atoms with E-state index in [-0.39, 0.29) is 28.6 Å². The summed E-state index contributed by atoms with van der Waals surface area (Å²) in [6.45, 7) is 4.26. The van der Waals surface area contributed by atoms with Crippen molar-refractivity contribution in [3.63, 3.8) is 0 Å². The number of fused-ring (bicyclic) bond motifs is 1. The summed E-state index contributed by atoms with van der Waals surface area (Å²) in [5, 5.41) is 13.0. The number of nitrogens with zero attached hydrogens (tertiary/aromatic N) is 2. The zero-order valence-electron chi connectivity index (χ0n) is 19.9. The smallest absolute Gasteiger partial charge is 0.256 e. The van der Waals surface area contributed by atoms with Crippen molar-refractivity contribution >= 4 is 16.9 Å². The van der Waals surface area contributed by atoms with E-state index in [4.69, 9.17) is 0 Å². The molecule has 0 radical (unpaired) electrons. The van der Waals surface area contributed by atoms with Gasteiger partial charge in [0.1, 0.15) is 11.2 Å². The van der Waals surface area contributed by atoms with Gasteiger partial charge in [-0.05, 0) is 72.1 Å². The highest BCUT2D eigenvalue weighted by molar-refractivity contribution is 5.97. The number of nitrogens with one attached hydrogen (secondary N) is 1. The zero-order chi connectivity index (χ0) is 24.8. The summed E-state index contributed by atoms with van der Waals surface area (Å²) in [4.78, 5) is 30.5. The van der Waals surface area contributed by atoms with Gasteiger partial charge < -0.3 is 15.0 Å². The molecule has 2 fully saturated rings. The lowest BCUT2D eigenvalue weighted by Gasteiger charge is -2.14. The van der Waals surface area contributed by atoms with Gasteiger partial charge in [-0.15, -0.1) is 0 Å². The third-order valence-electron chi connectivity index (χ3n) is 7.27. The molecule has 0 aliphatic heterocycles. The van der Waals surface area contributed by atoms with Gasteiger partial charge in [-0.2, -0.15) is 0 Å². The highest BCUT2D eigenvalue weighted by atomic mass is 16.3. The number of aromatic nitrogens is 2. The number of rotatable bonds is 7. The molecule has 2 atom stereocenters. The number of pyridine rings is 2. The average Bonchev–Trinajstić information content (AvgIpc) is 3.82. The third kappa shape index (κ3) is 4.19. The predicted molar refractivity (Wildman–Crippen MR) is 140 cm³/mol. The minimum Gasteiger partial charge on any atom is -0.513 e. The number of benzene rings is 2. The van der Waals surface area contributed by atoms with Gasteiger partial charge in [-0.25, -0.2) is 4.98 Å². The molecule has 2 aliphatic carbocycles. The maximum Gasteiger partial charge on any atom is 0.256 e. The lowest BCUT2D eigenvalue weighted by molar-refractivity contribution is 0.0950. The second-order valence-corrected chi connectivity index (χ2v) is 9.88. The van der Waals surface area contributed by atoms with Crippen LogP contribution in [0.5, 0.6) is 0 Å². The van der Waals surface area contributed by atoms with Gasteiger partial charge in [0, 0.05) is 30.5 Å². The first-order valence-electron chi connectivity index (χ1n) is 12.4. The Balaban J connectivity index is 1.36. The van der Waals surface area contributed by atoms with Crippen LogP contribution in [0.15, 0.2) is 90.2 Å². The Morgan fingerprint density at radius 1 is 1.08 bits per heavy atom. The van der Waals surface area contributed by atoms with Gasteiger partial charge in [-0.3, -0.25) is 9.59 Å². The summed E-state index contributed by atoms with van der Waals surface area (Å²) in [5.41, 5.74) is 4.41. The monoisotopic (exact) mass is 477 g/mol. The maximum atomic E-state index is 13.1. The first-order chi connectivity index (χ1) is 17.5. The first-order valence-corrected chi connectivity index (χ1v) is 12.4. The molecule has 36 heavy (non-hydrogen) atoms. The van der Waals surface area contributed by atoms with E-state index in [2.05, 4.69) is 41.1 Å². The van der Waals surface area contributed by atoms with Crippen molar-refractivity contribution in [3.8, 4) is 16.8 Å². The Kier molecular flexibility index (Phi) is 5.44. The molecule has 2 aromatic carbocycles. The van der Waals surface area contributed by atoms with E-state index in [9.17, 15) is 14.7 Å². The van der Waals surface area contributed by atoms with Crippen LogP contribution in [0, 0.1) is 11.8 Å². The number of carbonyl (C=O) groups is 1. The molecule has 0 spiro atoms. The summed E-state index contributed by atoms with van der Waals surface area (Å²) in [6.07, 6.45) is 6.44. The van der Waals surface area contributed by atoms with E-state index in [0.717, 1.165) is 36.1 Å². The van der Waals surface area contributed by atoms with E-state index < -0.39 is 0 Å². The maximum absolute atomic E-state index is 13.1. The molecule has 6 nitrogen and oxygen atoms in total. The van der Waals surface area contributed by atoms with Crippen molar-refractivity contribution in [1.29, 1.82) is 0 Å². The molecular weight excluding hydrogens is 450 g/mol. The average molecular weight is 478 g/mol. The zero-order valence-corrected chi connectivity index (χ0v) is 19.9. The van der Waals surface area contributed by atoms with Crippen LogP contribution in [-0.2, 0) is 0 Å². The van der Waals surface area contributed by atoms with Gasteiger partial charge in [-0.1, -0.05) is 43.0 Å². The largest absolute Gasteiger partial charge is 0.513 e. The van der Waals surface area contributed by atoms with Crippen molar-refractivity contribution in [3.05, 3.63) is 107 Å². The molecule has 6 heteroatoms. The lowest BCUT2D eigenvalue weighted by Crippen LogP contribution is -2.31.